The largest absolute Gasteiger partial charge is 0.387 e. The molecule has 120 valence electrons. The summed E-state index contributed by atoms with van der Waals surface area (Å²) >= 11 is 1.50. The molecule has 0 aliphatic rings. The minimum atomic E-state index is -0.713. The fourth-order valence-corrected chi connectivity index (χ4v) is 2.33. The number of thiophene rings is 1. The number of carbonyl (C=O) groups is 1. The summed E-state index contributed by atoms with van der Waals surface area (Å²) in [5.41, 5.74) is 0.566. The van der Waals surface area contributed by atoms with Gasteiger partial charge in [0.15, 0.2) is 5.82 Å². The van der Waals surface area contributed by atoms with Crippen molar-refractivity contribution >= 4 is 17.4 Å². The second kappa shape index (κ2) is 6.89. The van der Waals surface area contributed by atoms with Crippen LogP contribution in [0, 0.1) is 0 Å². The fraction of sp³-hybridized carbons (Fsp3) is 0.500. The molecule has 2 aromatic heterocycles. The molecule has 0 bridgehead atoms. The lowest BCUT2D eigenvalue weighted by atomic mass is 9.97. The molecule has 0 aromatic carbocycles. The molecule has 1 atom stereocenters. The average molecular weight is 324 g/mol. The lowest BCUT2D eigenvalue weighted by Crippen LogP contribution is -2.37. The van der Waals surface area contributed by atoms with Crippen LogP contribution < -0.4 is 10.6 Å². The number of nitrogens with zero attached hydrogens (tertiary/aromatic N) is 2. The molecule has 2 aromatic rings. The molecule has 8 heteroatoms. The zero-order valence-electron chi connectivity index (χ0n) is 12.8. The molecule has 1 unspecified atom stereocenters. The van der Waals surface area contributed by atoms with Gasteiger partial charge in [-0.1, -0.05) is 25.9 Å². The SMILES string of the molecule is CC(C)(C)c1nc(CNC(=O)NCC(O)c2ccsc2)no1. The van der Waals surface area contributed by atoms with Crippen LogP contribution in [0.4, 0.5) is 4.79 Å². The number of hydrogen-bond acceptors (Lipinski definition) is 6. The second-order valence-electron chi connectivity index (χ2n) is 5.90. The molecule has 2 heterocycles. The van der Waals surface area contributed by atoms with E-state index in [2.05, 4.69) is 20.8 Å². The van der Waals surface area contributed by atoms with Gasteiger partial charge in [0.2, 0.25) is 5.89 Å². The van der Waals surface area contributed by atoms with Gasteiger partial charge in [0.1, 0.15) is 0 Å². The van der Waals surface area contributed by atoms with Crippen LogP contribution in [0.3, 0.4) is 0 Å². The van der Waals surface area contributed by atoms with Gasteiger partial charge in [-0.25, -0.2) is 4.79 Å². The molecule has 3 N–H and O–H groups in total. The van der Waals surface area contributed by atoms with E-state index in [1.165, 1.54) is 11.3 Å². The first-order valence-corrected chi connectivity index (χ1v) is 7.85. The quantitative estimate of drug-likeness (QED) is 0.780. The molecular weight excluding hydrogens is 304 g/mol. The Balaban J connectivity index is 1.75. The first-order valence-electron chi connectivity index (χ1n) is 6.91. The molecule has 0 radical (unpaired) electrons. The Morgan fingerprint density at radius 2 is 2.23 bits per heavy atom. The molecule has 0 saturated carbocycles. The van der Waals surface area contributed by atoms with Gasteiger partial charge in [0.25, 0.3) is 0 Å². The summed E-state index contributed by atoms with van der Waals surface area (Å²) in [5, 5.41) is 22.6. The van der Waals surface area contributed by atoms with Crippen molar-refractivity contribution in [2.75, 3.05) is 6.54 Å². The van der Waals surface area contributed by atoms with Crippen molar-refractivity contribution in [2.24, 2.45) is 0 Å². The third kappa shape index (κ3) is 4.54. The highest BCUT2D eigenvalue weighted by atomic mass is 32.1. The maximum absolute atomic E-state index is 11.7. The summed E-state index contributed by atoms with van der Waals surface area (Å²) in [4.78, 5) is 15.9. The summed E-state index contributed by atoms with van der Waals surface area (Å²) in [7, 11) is 0. The number of carbonyl (C=O) groups excluding carboxylic acids is 1. The summed E-state index contributed by atoms with van der Waals surface area (Å²) in [5.74, 6) is 0.941. The predicted molar refractivity (Wildman–Crippen MR) is 82.5 cm³/mol. The summed E-state index contributed by atoms with van der Waals surface area (Å²) in [6, 6.07) is 1.43. The Bertz CT molecular complexity index is 604. The molecule has 2 rings (SSSR count). The Hall–Kier alpha value is -1.93. The topological polar surface area (TPSA) is 100 Å². The number of nitrogens with one attached hydrogen (secondary N) is 2. The molecule has 0 aliphatic heterocycles. The highest BCUT2D eigenvalue weighted by Gasteiger charge is 2.21. The first-order chi connectivity index (χ1) is 10.4. The number of aromatic nitrogens is 2. The first kappa shape index (κ1) is 16.4. The molecule has 0 saturated heterocycles. The average Bonchev–Trinajstić information content (AvgIpc) is 3.12. The maximum atomic E-state index is 11.7. The van der Waals surface area contributed by atoms with Gasteiger partial charge in [-0.15, -0.1) is 0 Å². The molecular formula is C14H20N4O3S. The minimum absolute atomic E-state index is 0.141. The molecule has 0 spiro atoms. The Labute approximate surface area is 132 Å². The number of amides is 2. The highest BCUT2D eigenvalue weighted by Crippen LogP contribution is 2.19. The predicted octanol–water partition coefficient (Wildman–Crippen LogP) is 1.96. The van der Waals surface area contributed by atoms with Gasteiger partial charge in [0, 0.05) is 12.0 Å². The van der Waals surface area contributed by atoms with E-state index in [1.807, 2.05) is 37.6 Å². The fourth-order valence-electron chi connectivity index (χ4n) is 1.62. The Kier molecular flexibility index (Phi) is 5.15. The number of urea groups is 1. The number of aliphatic hydroxyl groups excluding tert-OH is 1. The van der Waals surface area contributed by atoms with Crippen molar-refractivity contribution in [3.05, 3.63) is 34.1 Å². The smallest absolute Gasteiger partial charge is 0.315 e. The Morgan fingerprint density at radius 3 is 2.82 bits per heavy atom. The normalized spacial score (nSPS) is 12.9. The van der Waals surface area contributed by atoms with Crippen LogP contribution in [0.2, 0.25) is 0 Å². The van der Waals surface area contributed by atoms with E-state index >= 15 is 0 Å². The van der Waals surface area contributed by atoms with E-state index in [-0.39, 0.29) is 18.5 Å². The van der Waals surface area contributed by atoms with Crippen molar-refractivity contribution in [3.63, 3.8) is 0 Å². The summed E-state index contributed by atoms with van der Waals surface area (Å²) in [6.45, 7) is 6.21. The van der Waals surface area contributed by atoms with E-state index in [9.17, 15) is 9.90 Å². The van der Waals surface area contributed by atoms with Crippen LogP contribution >= 0.6 is 11.3 Å². The van der Waals surface area contributed by atoms with E-state index in [4.69, 9.17) is 4.52 Å². The van der Waals surface area contributed by atoms with Crippen LogP contribution in [-0.4, -0.2) is 27.8 Å². The zero-order chi connectivity index (χ0) is 16.2. The number of hydrogen-bond donors (Lipinski definition) is 3. The molecule has 0 fully saturated rings. The van der Waals surface area contributed by atoms with Crippen LogP contribution in [0.25, 0.3) is 0 Å². The minimum Gasteiger partial charge on any atom is -0.387 e. The van der Waals surface area contributed by atoms with E-state index in [0.717, 1.165) is 5.56 Å². The van der Waals surface area contributed by atoms with Gasteiger partial charge in [-0.05, 0) is 22.4 Å². The second-order valence-corrected chi connectivity index (χ2v) is 6.68. The van der Waals surface area contributed by atoms with Crippen LogP contribution in [0.1, 0.15) is 44.2 Å². The lowest BCUT2D eigenvalue weighted by molar-refractivity contribution is 0.173. The van der Waals surface area contributed by atoms with Crippen molar-refractivity contribution in [3.8, 4) is 0 Å². The molecule has 22 heavy (non-hydrogen) atoms. The highest BCUT2D eigenvalue weighted by molar-refractivity contribution is 7.07. The molecule has 2 amide bonds. The standard InChI is InChI=1S/C14H20N4O3S/c1-14(2,3)12-17-11(18-21-12)7-16-13(20)15-6-10(19)9-4-5-22-8-9/h4-5,8,10,19H,6-7H2,1-3H3,(H2,15,16,20). The Morgan fingerprint density at radius 1 is 1.45 bits per heavy atom. The number of rotatable bonds is 5. The number of aliphatic hydroxyl groups is 1. The van der Waals surface area contributed by atoms with Crippen molar-refractivity contribution in [1.29, 1.82) is 0 Å². The van der Waals surface area contributed by atoms with Gasteiger partial charge in [0.05, 0.1) is 12.6 Å². The molecule has 0 aliphatic carbocycles. The van der Waals surface area contributed by atoms with Crippen LogP contribution in [0.5, 0.6) is 0 Å². The lowest BCUT2D eigenvalue weighted by Gasteiger charge is -2.11. The van der Waals surface area contributed by atoms with Gasteiger partial charge in [-0.3, -0.25) is 0 Å². The third-order valence-corrected chi connectivity index (χ3v) is 3.60. The summed E-state index contributed by atoms with van der Waals surface area (Å²) in [6.07, 6.45) is -0.713. The van der Waals surface area contributed by atoms with E-state index in [1.54, 1.807) is 0 Å². The van der Waals surface area contributed by atoms with Gasteiger partial charge in [-0.2, -0.15) is 16.3 Å². The zero-order valence-corrected chi connectivity index (χ0v) is 13.6. The van der Waals surface area contributed by atoms with Crippen molar-refractivity contribution in [1.82, 2.24) is 20.8 Å². The molecule has 7 nitrogen and oxygen atoms in total. The van der Waals surface area contributed by atoms with Crippen LogP contribution in [0.15, 0.2) is 21.3 Å². The van der Waals surface area contributed by atoms with Crippen LogP contribution in [-0.2, 0) is 12.0 Å². The third-order valence-electron chi connectivity index (χ3n) is 2.90. The van der Waals surface area contributed by atoms with Crippen molar-refractivity contribution in [2.45, 2.75) is 38.8 Å². The van der Waals surface area contributed by atoms with E-state index in [0.29, 0.717) is 11.7 Å². The van der Waals surface area contributed by atoms with E-state index < -0.39 is 12.1 Å². The summed E-state index contributed by atoms with van der Waals surface area (Å²) < 4.78 is 5.14. The van der Waals surface area contributed by atoms with Crippen molar-refractivity contribution < 1.29 is 14.4 Å². The maximum Gasteiger partial charge on any atom is 0.315 e. The van der Waals surface area contributed by atoms with Gasteiger partial charge >= 0.3 is 6.03 Å². The van der Waals surface area contributed by atoms with Gasteiger partial charge < -0.3 is 20.3 Å². The monoisotopic (exact) mass is 324 g/mol.